The predicted octanol–water partition coefficient (Wildman–Crippen LogP) is 2.53. The van der Waals surface area contributed by atoms with Crippen LogP contribution in [0.2, 0.25) is 0 Å². The number of benzene rings is 1. The number of carbonyl (C=O) groups excluding carboxylic acids is 1. The summed E-state index contributed by atoms with van der Waals surface area (Å²) in [5.41, 5.74) is 0.794. The molecule has 0 bridgehead atoms. The Morgan fingerprint density at radius 3 is 2.90 bits per heavy atom. The van der Waals surface area contributed by atoms with Crippen molar-refractivity contribution in [2.45, 2.75) is 20.1 Å². The van der Waals surface area contributed by atoms with Gasteiger partial charge in [-0.25, -0.2) is 4.98 Å². The molecule has 0 unspecified atom stereocenters. The first-order valence-corrected chi connectivity index (χ1v) is 9.62. The lowest BCUT2D eigenvalue weighted by atomic mass is 10.1. The molecule has 1 amide bonds. The van der Waals surface area contributed by atoms with Crippen LogP contribution >= 0.6 is 11.3 Å². The second kappa shape index (κ2) is 7.84. The van der Waals surface area contributed by atoms with Gasteiger partial charge in [-0.05, 0) is 23.6 Å². The predicted molar refractivity (Wildman–Crippen MR) is 106 cm³/mol. The van der Waals surface area contributed by atoms with Crippen LogP contribution in [0.3, 0.4) is 0 Å². The largest absolute Gasteiger partial charge is 0.485 e. The van der Waals surface area contributed by atoms with E-state index in [1.807, 2.05) is 5.38 Å². The Hall–Kier alpha value is -3.53. The summed E-state index contributed by atoms with van der Waals surface area (Å²) in [6, 6.07) is 8.68. The molecule has 4 rings (SSSR count). The van der Waals surface area contributed by atoms with E-state index in [-0.39, 0.29) is 24.6 Å². The zero-order valence-corrected chi connectivity index (χ0v) is 16.5. The first-order valence-electron chi connectivity index (χ1n) is 8.74. The van der Waals surface area contributed by atoms with Crippen LogP contribution in [-0.4, -0.2) is 38.0 Å². The normalized spacial score (nSPS) is 11.0. The highest BCUT2D eigenvalue weighted by Gasteiger charge is 2.18. The Morgan fingerprint density at radius 2 is 2.10 bits per heavy atom. The molecule has 0 aliphatic heterocycles. The van der Waals surface area contributed by atoms with E-state index in [9.17, 15) is 9.59 Å². The van der Waals surface area contributed by atoms with Gasteiger partial charge in [-0.2, -0.15) is 4.98 Å². The quantitative estimate of drug-likeness (QED) is 0.518. The summed E-state index contributed by atoms with van der Waals surface area (Å²) in [6.07, 6.45) is 0. The molecule has 1 aromatic carbocycles. The maximum Gasteiger partial charge on any atom is 0.268 e. The van der Waals surface area contributed by atoms with Crippen LogP contribution in [0.4, 0.5) is 0 Å². The van der Waals surface area contributed by atoms with Crippen molar-refractivity contribution in [3.05, 3.63) is 69.2 Å². The van der Waals surface area contributed by atoms with Crippen molar-refractivity contribution >= 4 is 27.5 Å². The van der Waals surface area contributed by atoms with Gasteiger partial charge >= 0.3 is 0 Å². The first kappa shape index (κ1) is 18.8. The highest BCUT2D eigenvalue weighted by atomic mass is 32.1. The van der Waals surface area contributed by atoms with Gasteiger partial charge in [0.1, 0.15) is 16.3 Å². The van der Waals surface area contributed by atoms with Crippen molar-refractivity contribution in [2.75, 3.05) is 7.05 Å². The zero-order valence-electron chi connectivity index (χ0n) is 15.7. The maximum atomic E-state index is 13.0. The minimum atomic E-state index is -0.266. The topological polar surface area (TPSA) is 114 Å². The third-order valence-electron chi connectivity index (χ3n) is 4.14. The first-order chi connectivity index (χ1) is 14.0. The van der Waals surface area contributed by atoms with E-state index in [1.54, 1.807) is 44.3 Å². The molecule has 148 valence electrons. The SMILES string of the molecule is Cc1nc(COc2ccccc2C(=O)N(C)Cc2nc3ccsc3c(=O)[nH]2)no1. The van der Waals surface area contributed by atoms with E-state index in [0.29, 0.717) is 39.1 Å². The number of aryl methyl sites for hydroxylation is 1. The lowest BCUT2D eigenvalue weighted by Gasteiger charge is -2.18. The average molecular weight is 411 g/mol. The van der Waals surface area contributed by atoms with Crippen LogP contribution < -0.4 is 10.3 Å². The molecule has 0 aliphatic rings. The number of nitrogens with one attached hydrogen (secondary N) is 1. The van der Waals surface area contributed by atoms with Crippen LogP contribution in [0, 0.1) is 6.92 Å². The molecule has 0 fully saturated rings. The molecule has 0 saturated carbocycles. The molecule has 0 aliphatic carbocycles. The standard InChI is InChI=1S/C19H17N5O4S/c1-11-20-16(23-28-11)10-27-14-6-4-3-5-12(14)19(26)24(2)9-15-21-13-7-8-29-17(13)18(25)22-15/h3-8H,9-10H2,1-2H3,(H,21,22,25). The number of para-hydroxylation sites is 1. The number of fused-ring (bicyclic) bond motifs is 1. The summed E-state index contributed by atoms with van der Waals surface area (Å²) in [7, 11) is 1.64. The molecular formula is C19H17N5O4S. The molecular weight excluding hydrogens is 394 g/mol. The molecule has 0 atom stereocenters. The van der Waals surface area contributed by atoms with E-state index >= 15 is 0 Å². The van der Waals surface area contributed by atoms with Crippen molar-refractivity contribution in [3.63, 3.8) is 0 Å². The van der Waals surface area contributed by atoms with Gasteiger partial charge in [0.05, 0.1) is 17.6 Å². The molecule has 10 heteroatoms. The van der Waals surface area contributed by atoms with E-state index in [0.717, 1.165) is 0 Å². The molecule has 29 heavy (non-hydrogen) atoms. The van der Waals surface area contributed by atoms with Gasteiger partial charge in [0.2, 0.25) is 11.7 Å². The Balaban J connectivity index is 1.51. The van der Waals surface area contributed by atoms with Gasteiger partial charge in [0.25, 0.3) is 11.5 Å². The fraction of sp³-hybridized carbons (Fsp3) is 0.211. The van der Waals surface area contributed by atoms with Crippen LogP contribution in [0.15, 0.2) is 45.0 Å². The molecule has 4 aromatic rings. The van der Waals surface area contributed by atoms with Gasteiger partial charge < -0.3 is 19.1 Å². The van der Waals surface area contributed by atoms with E-state index in [2.05, 4.69) is 20.1 Å². The number of hydrogen-bond acceptors (Lipinski definition) is 8. The minimum Gasteiger partial charge on any atom is -0.485 e. The van der Waals surface area contributed by atoms with Crippen molar-refractivity contribution in [3.8, 4) is 5.75 Å². The molecule has 1 N–H and O–H groups in total. The second-order valence-corrected chi connectivity index (χ2v) is 7.24. The summed E-state index contributed by atoms with van der Waals surface area (Å²) in [6.45, 7) is 1.92. The fourth-order valence-corrected chi connectivity index (χ4v) is 3.54. The number of rotatable bonds is 6. The number of nitrogens with zero attached hydrogens (tertiary/aromatic N) is 4. The van der Waals surface area contributed by atoms with Gasteiger partial charge in [-0.3, -0.25) is 9.59 Å². The Labute approximate surface area is 169 Å². The van der Waals surface area contributed by atoms with Crippen LogP contribution in [0.5, 0.6) is 5.75 Å². The number of amides is 1. The summed E-state index contributed by atoms with van der Waals surface area (Å²) in [5.74, 6) is 1.39. The molecule has 0 saturated heterocycles. The number of hydrogen-bond donors (Lipinski definition) is 1. The molecule has 9 nitrogen and oxygen atoms in total. The van der Waals surface area contributed by atoms with Crippen molar-refractivity contribution < 1.29 is 14.1 Å². The average Bonchev–Trinajstić information content (AvgIpc) is 3.35. The zero-order chi connectivity index (χ0) is 20.4. The third kappa shape index (κ3) is 4.02. The van der Waals surface area contributed by atoms with Gasteiger partial charge in [-0.1, -0.05) is 17.3 Å². The third-order valence-corrected chi connectivity index (χ3v) is 5.04. The van der Waals surface area contributed by atoms with Crippen LogP contribution in [-0.2, 0) is 13.2 Å². The molecule has 3 aromatic heterocycles. The number of aromatic amines is 1. The Bertz CT molecular complexity index is 1230. The lowest BCUT2D eigenvalue weighted by Crippen LogP contribution is -2.28. The number of H-pyrrole nitrogens is 1. The number of ether oxygens (including phenoxy) is 1. The summed E-state index contributed by atoms with van der Waals surface area (Å²) >= 11 is 1.33. The minimum absolute atomic E-state index is 0.0784. The Kier molecular flexibility index (Phi) is 5.09. The van der Waals surface area contributed by atoms with Crippen molar-refractivity contribution in [2.24, 2.45) is 0 Å². The number of aromatic nitrogens is 4. The highest BCUT2D eigenvalue weighted by Crippen LogP contribution is 2.21. The van der Waals surface area contributed by atoms with Crippen LogP contribution in [0.25, 0.3) is 10.2 Å². The van der Waals surface area contributed by atoms with E-state index in [4.69, 9.17) is 9.26 Å². The molecule has 0 radical (unpaired) electrons. The van der Waals surface area contributed by atoms with Crippen molar-refractivity contribution in [1.29, 1.82) is 0 Å². The van der Waals surface area contributed by atoms with E-state index in [1.165, 1.54) is 16.2 Å². The monoisotopic (exact) mass is 411 g/mol. The smallest absolute Gasteiger partial charge is 0.268 e. The lowest BCUT2D eigenvalue weighted by molar-refractivity contribution is 0.0776. The molecule has 3 heterocycles. The van der Waals surface area contributed by atoms with Crippen molar-refractivity contribution in [1.82, 2.24) is 25.0 Å². The summed E-state index contributed by atoms with van der Waals surface area (Å²) in [4.78, 5) is 37.8. The second-order valence-electron chi connectivity index (χ2n) is 6.32. The number of carbonyl (C=O) groups is 1. The van der Waals surface area contributed by atoms with E-state index < -0.39 is 0 Å². The highest BCUT2D eigenvalue weighted by molar-refractivity contribution is 7.17. The number of thiophene rings is 1. The summed E-state index contributed by atoms with van der Waals surface area (Å²) in [5, 5.41) is 5.59. The molecule has 0 spiro atoms. The van der Waals surface area contributed by atoms with Gasteiger partial charge in [-0.15, -0.1) is 11.3 Å². The summed E-state index contributed by atoms with van der Waals surface area (Å²) < 4.78 is 11.2. The van der Waals surface area contributed by atoms with Crippen LogP contribution in [0.1, 0.15) is 27.9 Å². The fourth-order valence-electron chi connectivity index (χ4n) is 2.81. The van der Waals surface area contributed by atoms with Gasteiger partial charge in [0, 0.05) is 14.0 Å². The van der Waals surface area contributed by atoms with Gasteiger partial charge in [0.15, 0.2) is 6.61 Å². The Morgan fingerprint density at radius 1 is 1.28 bits per heavy atom. The maximum absolute atomic E-state index is 13.0.